The summed E-state index contributed by atoms with van der Waals surface area (Å²) in [5.41, 5.74) is 3.89. The van der Waals surface area contributed by atoms with Gasteiger partial charge in [0.2, 0.25) is 5.91 Å². The predicted molar refractivity (Wildman–Crippen MR) is 46.3 cm³/mol. The Bertz CT molecular complexity index is 193. The summed E-state index contributed by atoms with van der Waals surface area (Å²) in [4.78, 5) is 10.9. The lowest BCUT2D eigenvalue weighted by Crippen LogP contribution is -2.48. The van der Waals surface area contributed by atoms with E-state index in [0.29, 0.717) is 24.7 Å². The van der Waals surface area contributed by atoms with Crippen molar-refractivity contribution in [2.75, 3.05) is 0 Å². The number of carbonyl (C=O) groups is 1. The molecule has 0 aromatic heterocycles. The van der Waals surface area contributed by atoms with Gasteiger partial charge in [-0.25, -0.2) is 0 Å². The van der Waals surface area contributed by atoms with Crippen molar-refractivity contribution >= 4 is 5.91 Å². The van der Waals surface area contributed by atoms with Gasteiger partial charge in [-0.2, -0.15) is 0 Å². The van der Waals surface area contributed by atoms with Crippen molar-refractivity contribution in [2.24, 2.45) is 17.6 Å². The second-order valence-corrected chi connectivity index (χ2v) is 4.09. The number of nitrogens with two attached hydrogens (primary N) is 1. The first-order valence-electron chi connectivity index (χ1n) is 4.48. The van der Waals surface area contributed by atoms with Gasteiger partial charge < -0.3 is 10.8 Å². The van der Waals surface area contributed by atoms with Crippen molar-refractivity contribution in [2.45, 2.75) is 38.7 Å². The highest BCUT2D eigenvalue weighted by atomic mass is 16.3. The van der Waals surface area contributed by atoms with Crippen molar-refractivity contribution in [1.82, 2.24) is 0 Å². The molecule has 0 heterocycles. The Morgan fingerprint density at radius 2 is 2.08 bits per heavy atom. The van der Waals surface area contributed by atoms with Crippen molar-refractivity contribution in [3.05, 3.63) is 0 Å². The third kappa shape index (κ3) is 1.61. The summed E-state index contributed by atoms with van der Waals surface area (Å²) in [5, 5.41) is 9.76. The molecule has 1 aliphatic rings. The van der Waals surface area contributed by atoms with Crippen LogP contribution in [0.5, 0.6) is 0 Å². The van der Waals surface area contributed by atoms with Crippen molar-refractivity contribution in [3.8, 4) is 0 Å². The van der Waals surface area contributed by atoms with Crippen molar-refractivity contribution in [1.29, 1.82) is 0 Å². The van der Waals surface area contributed by atoms with E-state index in [1.165, 1.54) is 0 Å². The molecule has 3 atom stereocenters. The summed E-state index contributed by atoms with van der Waals surface area (Å²) in [7, 11) is 0. The van der Waals surface area contributed by atoms with E-state index in [0.717, 1.165) is 6.42 Å². The summed E-state index contributed by atoms with van der Waals surface area (Å²) in [6.07, 6.45) is 1.93. The molecule has 0 aromatic rings. The standard InChI is InChI=1S/C9H17NO2/c1-6-3-4-9(12,8(10)11)5-7(6)2/h6-7,12H,3-5H2,1-2H3,(H2,10,11). The third-order valence-corrected chi connectivity index (χ3v) is 3.10. The Morgan fingerprint density at radius 3 is 2.50 bits per heavy atom. The Kier molecular flexibility index (Phi) is 2.42. The largest absolute Gasteiger partial charge is 0.380 e. The molecule has 12 heavy (non-hydrogen) atoms. The zero-order chi connectivity index (χ0) is 9.35. The zero-order valence-electron chi connectivity index (χ0n) is 7.71. The molecule has 0 bridgehead atoms. The predicted octanol–water partition coefficient (Wildman–Crippen LogP) is 0.659. The Morgan fingerprint density at radius 1 is 1.50 bits per heavy atom. The molecule has 0 aromatic carbocycles. The van der Waals surface area contributed by atoms with E-state index in [1.54, 1.807) is 0 Å². The summed E-state index contributed by atoms with van der Waals surface area (Å²) < 4.78 is 0. The summed E-state index contributed by atoms with van der Waals surface area (Å²) >= 11 is 0. The van der Waals surface area contributed by atoms with Crippen LogP contribution in [0.4, 0.5) is 0 Å². The number of aliphatic hydroxyl groups is 1. The van der Waals surface area contributed by atoms with Gasteiger partial charge in [-0.1, -0.05) is 13.8 Å². The van der Waals surface area contributed by atoms with E-state index < -0.39 is 11.5 Å². The molecule has 1 rings (SSSR count). The first kappa shape index (κ1) is 9.52. The van der Waals surface area contributed by atoms with E-state index in [4.69, 9.17) is 5.73 Å². The third-order valence-electron chi connectivity index (χ3n) is 3.10. The average Bonchev–Trinajstić information content (AvgIpc) is 1.97. The van der Waals surface area contributed by atoms with Gasteiger partial charge >= 0.3 is 0 Å². The average molecular weight is 171 g/mol. The van der Waals surface area contributed by atoms with Gasteiger partial charge in [0, 0.05) is 0 Å². The van der Waals surface area contributed by atoms with Crippen molar-refractivity contribution < 1.29 is 9.90 Å². The highest BCUT2D eigenvalue weighted by Gasteiger charge is 2.40. The van der Waals surface area contributed by atoms with Crippen LogP contribution in [0.3, 0.4) is 0 Å². The van der Waals surface area contributed by atoms with Crippen LogP contribution in [0.15, 0.2) is 0 Å². The molecule has 0 spiro atoms. The number of hydrogen-bond acceptors (Lipinski definition) is 2. The van der Waals surface area contributed by atoms with Crippen LogP contribution in [-0.4, -0.2) is 16.6 Å². The van der Waals surface area contributed by atoms with E-state index >= 15 is 0 Å². The molecule has 1 saturated carbocycles. The minimum Gasteiger partial charge on any atom is -0.380 e. The van der Waals surface area contributed by atoms with E-state index in [-0.39, 0.29) is 0 Å². The molecule has 3 heteroatoms. The smallest absolute Gasteiger partial charge is 0.249 e. The molecule has 1 fully saturated rings. The maximum atomic E-state index is 10.9. The molecule has 3 unspecified atom stereocenters. The normalized spacial score (nSPS) is 42.6. The van der Waals surface area contributed by atoms with Gasteiger partial charge in [-0.15, -0.1) is 0 Å². The second-order valence-electron chi connectivity index (χ2n) is 4.09. The number of hydrogen-bond donors (Lipinski definition) is 2. The molecular weight excluding hydrogens is 154 g/mol. The fraction of sp³-hybridized carbons (Fsp3) is 0.889. The Hall–Kier alpha value is -0.570. The van der Waals surface area contributed by atoms with Crippen LogP contribution in [0.1, 0.15) is 33.1 Å². The molecule has 3 N–H and O–H groups in total. The Labute approximate surface area is 72.9 Å². The molecule has 1 amide bonds. The van der Waals surface area contributed by atoms with Gasteiger partial charge in [-0.05, 0) is 31.1 Å². The van der Waals surface area contributed by atoms with Crippen LogP contribution in [0, 0.1) is 11.8 Å². The van der Waals surface area contributed by atoms with Gasteiger partial charge in [0.1, 0.15) is 5.60 Å². The van der Waals surface area contributed by atoms with Crippen LogP contribution >= 0.6 is 0 Å². The quantitative estimate of drug-likeness (QED) is 0.608. The molecule has 0 aliphatic heterocycles. The fourth-order valence-corrected chi connectivity index (χ4v) is 1.81. The molecule has 1 aliphatic carbocycles. The summed E-state index contributed by atoms with van der Waals surface area (Å²) in [6.45, 7) is 4.20. The molecule has 70 valence electrons. The lowest BCUT2D eigenvalue weighted by Gasteiger charge is -2.36. The monoisotopic (exact) mass is 171 g/mol. The number of rotatable bonds is 1. The first-order valence-corrected chi connectivity index (χ1v) is 4.48. The Balaban J connectivity index is 2.66. The lowest BCUT2D eigenvalue weighted by atomic mass is 9.73. The summed E-state index contributed by atoms with van der Waals surface area (Å²) in [5.74, 6) is 0.405. The molecule has 3 nitrogen and oxygen atoms in total. The minimum absolute atomic E-state index is 0.385. The maximum absolute atomic E-state index is 10.9. The minimum atomic E-state index is -1.23. The summed E-state index contributed by atoms with van der Waals surface area (Å²) in [6, 6.07) is 0. The van der Waals surface area contributed by atoms with Gasteiger partial charge in [0.25, 0.3) is 0 Å². The zero-order valence-corrected chi connectivity index (χ0v) is 7.71. The number of amides is 1. The van der Waals surface area contributed by atoms with Gasteiger partial charge in [0.15, 0.2) is 0 Å². The van der Waals surface area contributed by atoms with Crippen LogP contribution in [-0.2, 0) is 4.79 Å². The second kappa shape index (κ2) is 3.05. The van der Waals surface area contributed by atoms with Gasteiger partial charge in [0.05, 0.1) is 0 Å². The van der Waals surface area contributed by atoms with Crippen LogP contribution < -0.4 is 5.73 Å². The fourth-order valence-electron chi connectivity index (χ4n) is 1.81. The maximum Gasteiger partial charge on any atom is 0.249 e. The van der Waals surface area contributed by atoms with Crippen molar-refractivity contribution in [3.63, 3.8) is 0 Å². The molecule has 0 saturated heterocycles. The first-order chi connectivity index (χ1) is 5.46. The van der Waals surface area contributed by atoms with E-state index in [9.17, 15) is 9.90 Å². The molecular formula is C9H17NO2. The topological polar surface area (TPSA) is 63.3 Å². The van der Waals surface area contributed by atoms with E-state index in [1.807, 2.05) is 0 Å². The highest BCUT2D eigenvalue weighted by Crippen LogP contribution is 2.35. The van der Waals surface area contributed by atoms with E-state index in [2.05, 4.69) is 13.8 Å². The molecule has 0 radical (unpaired) electrons. The number of primary amides is 1. The highest BCUT2D eigenvalue weighted by molar-refractivity contribution is 5.83. The van der Waals surface area contributed by atoms with Gasteiger partial charge in [-0.3, -0.25) is 4.79 Å². The number of carbonyl (C=O) groups excluding carboxylic acids is 1. The van der Waals surface area contributed by atoms with Crippen LogP contribution in [0.2, 0.25) is 0 Å². The van der Waals surface area contributed by atoms with Crippen LogP contribution in [0.25, 0.3) is 0 Å². The lowest BCUT2D eigenvalue weighted by molar-refractivity contribution is -0.142. The SMILES string of the molecule is CC1CCC(O)(C(N)=O)CC1C.